The summed E-state index contributed by atoms with van der Waals surface area (Å²) in [6, 6.07) is 1.46. The lowest BCUT2D eigenvalue weighted by molar-refractivity contribution is -0.388. The third-order valence-electron chi connectivity index (χ3n) is 4.19. The normalized spacial score (nSPS) is 13.4. The van der Waals surface area contributed by atoms with E-state index in [1.54, 1.807) is 0 Å². The minimum atomic E-state index is -5.14. The average molecular weight is 470 g/mol. The molecule has 2 aromatic carbocycles. The molecule has 0 radical (unpaired) electrons. The summed E-state index contributed by atoms with van der Waals surface area (Å²) < 4.78 is 98.2. The third-order valence-corrected chi connectivity index (χ3v) is 4.19. The quantitative estimate of drug-likeness (QED) is 0.216. The van der Waals surface area contributed by atoms with E-state index in [0.29, 0.717) is 6.07 Å². The van der Waals surface area contributed by atoms with E-state index in [1.807, 2.05) is 5.32 Å². The predicted octanol–water partition coefficient (Wildman–Crippen LogP) is 4.25. The minimum absolute atomic E-state index is 0.241. The summed E-state index contributed by atoms with van der Waals surface area (Å²) in [5.41, 5.74) is -7.15. The van der Waals surface area contributed by atoms with Gasteiger partial charge < -0.3 is 15.2 Å². The molecule has 14 heteroatoms. The van der Waals surface area contributed by atoms with E-state index in [1.165, 1.54) is 0 Å². The molecule has 0 saturated carbocycles. The van der Waals surface area contributed by atoms with E-state index in [2.05, 4.69) is 4.74 Å². The molecule has 174 valence electrons. The number of carbonyl (C=O) groups is 1. The second-order valence-electron chi connectivity index (χ2n) is 6.71. The van der Waals surface area contributed by atoms with Crippen LogP contribution in [0.3, 0.4) is 0 Å². The molecular weight excluding hydrogens is 457 g/mol. The van der Waals surface area contributed by atoms with E-state index in [9.17, 15) is 50.7 Å². The van der Waals surface area contributed by atoms with Crippen molar-refractivity contribution < 1.29 is 50.3 Å². The zero-order chi connectivity index (χ0) is 24.6. The number of nitrogens with one attached hydrogen (secondary N) is 1. The summed E-state index contributed by atoms with van der Waals surface area (Å²) in [6.07, 6.45) is -5.14. The topological polar surface area (TPSA) is 102 Å². The smallest absolute Gasteiger partial charge is 0.423 e. The van der Waals surface area contributed by atoms with Crippen LogP contribution in [0.25, 0.3) is 0 Å². The number of nitrogens with zero attached hydrogens (tertiary/aromatic N) is 1. The fourth-order valence-corrected chi connectivity index (χ4v) is 2.39. The van der Waals surface area contributed by atoms with E-state index in [4.69, 9.17) is 0 Å². The Morgan fingerprint density at radius 3 is 2.25 bits per heavy atom. The van der Waals surface area contributed by atoms with E-state index in [0.717, 1.165) is 19.9 Å². The molecule has 2 rings (SSSR count). The molecule has 0 fully saturated rings. The number of halogens is 7. The number of alkyl halides is 3. The standard InChI is InChI=1S/C18H13F7N2O5/c1-7-11(19)13(21)14(22)15(12(7)20)32-6-17(2,29)16(28)26-8-3-4-10(27(30)31)9(5-8)18(23,24)25/h3-5,29H,6H2,1-2H3,(H,26,28)/t17-/m1/s1. The van der Waals surface area contributed by atoms with Crippen LogP contribution in [0.4, 0.5) is 42.1 Å². The van der Waals surface area contributed by atoms with Gasteiger partial charge >= 0.3 is 6.18 Å². The summed E-state index contributed by atoms with van der Waals surface area (Å²) in [5.74, 6) is -10.4. The lowest BCUT2D eigenvalue weighted by Crippen LogP contribution is -2.45. The van der Waals surface area contributed by atoms with Crippen molar-refractivity contribution in [2.24, 2.45) is 0 Å². The first-order valence-electron chi connectivity index (χ1n) is 8.42. The largest absolute Gasteiger partial charge is 0.484 e. The maximum absolute atomic E-state index is 14.0. The second kappa shape index (κ2) is 8.61. The number of ether oxygens (including phenoxy) is 1. The zero-order valence-corrected chi connectivity index (χ0v) is 16.1. The lowest BCUT2D eigenvalue weighted by atomic mass is 10.1. The van der Waals surface area contributed by atoms with Crippen molar-refractivity contribution in [3.8, 4) is 5.75 Å². The van der Waals surface area contributed by atoms with Gasteiger partial charge in [0.1, 0.15) is 12.2 Å². The van der Waals surface area contributed by atoms with Crippen LogP contribution in [-0.2, 0) is 11.0 Å². The summed E-state index contributed by atoms with van der Waals surface area (Å²) in [4.78, 5) is 21.7. The molecule has 1 atom stereocenters. The third kappa shape index (κ3) is 4.90. The Hall–Kier alpha value is -3.42. The molecule has 0 saturated heterocycles. The van der Waals surface area contributed by atoms with Crippen LogP contribution in [0.2, 0.25) is 0 Å². The number of carbonyl (C=O) groups excluding carboxylic acids is 1. The predicted molar refractivity (Wildman–Crippen MR) is 93.9 cm³/mol. The van der Waals surface area contributed by atoms with Crippen molar-refractivity contribution in [3.05, 3.63) is 62.7 Å². The first-order valence-corrected chi connectivity index (χ1v) is 8.42. The molecule has 0 aliphatic rings. The summed E-state index contributed by atoms with van der Waals surface area (Å²) in [5, 5.41) is 22.8. The van der Waals surface area contributed by atoms with Crippen LogP contribution < -0.4 is 10.1 Å². The molecule has 0 heterocycles. The fourth-order valence-electron chi connectivity index (χ4n) is 2.39. The molecule has 2 aromatic rings. The molecule has 0 unspecified atom stereocenters. The highest BCUT2D eigenvalue weighted by Crippen LogP contribution is 2.37. The SMILES string of the molecule is Cc1c(F)c(F)c(F)c(OC[C@@](C)(O)C(=O)Nc2ccc([N+](=O)[O-])c(C(F)(F)F)c2)c1F. The van der Waals surface area contributed by atoms with Crippen molar-refractivity contribution in [3.63, 3.8) is 0 Å². The Bertz CT molecular complexity index is 1060. The Morgan fingerprint density at radius 1 is 1.12 bits per heavy atom. The maximum atomic E-state index is 14.0. The monoisotopic (exact) mass is 470 g/mol. The van der Waals surface area contributed by atoms with E-state index < -0.39 is 80.7 Å². The first kappa shape index (κ1) is 24.8. The van der Waals surface area contributed by atoms with E-state index >= 15 is 0 Å². The van der Waals surface area contributed by atoms with Gasteiger partial charge in [-0.3, -0.25) is 14.9 Å². The highest BCUT2D eigenvalue weighted by molar-refractivity contribution is 5.97. The highest BCUT2D eigenvalue weighted by atomic mass is 19.4. The molecular formula is C18H13F7N2O5. The number of rotatable bonds is 6. The van der Waals surface area contributed by atoms with Crippen LogP contribution in [0.1, 0.15) is 18.1 Å². The van der Waals surface area contributed by atoms with Crippen LogP contribution >= 0.6 is 0 Å². The fraction of sp³-hybridized carbons (Fsp3) is 0.278. The Labute approximate surface area is 174 Å². The van der Waals surface area contributed by atoms with Crippen molar-refractivity contribution in [2.75, 3.05) is 11.9 Å². The minimum Gasteiger partial charge on any atom is -0.484 e. The lowest BCUT2D eigenvalue weighted by Gasteiger charge is -2.23. The van der Waals surface area contributed by atoms with Gasteiger partial charge in [-0.1, -0.05) is 0 Å². The van der Waals surface area contributed by atoms with Crippen molar-refractivity contribution in [1.29, 1.82) is 0 Å². The number of nitro benzene ring substituents is 1. The van der Waals surface area contributed by atoms with Gasteiger partial charge in [0, 0.05) is 17.3 Å². The van der Waals surface area contributed by atoms with Crippen LogP contribution in [0.5, 0.6) is 5.75 Å². The summed E-state index contributed by atoms with van der Waals surface area (Å²) in [6.45, 7) is 0.301. The Morgan fingerprint density at radius 2 is 1.72 bits per heavy atom. The summed E-state index contributed by atoms with van der Waals surface area (Å²) >= 11 is 0. The molecule has 0 aliphatic heterocycles. The second-order valence-corrected chi connectivity index (χ2v) is 6.71. The number of amides is 1. The summed E-state index contributed by atoms with van der Waals surface area (Å²) in [7, 11) is 0. The number of anilines is 1. The molecule has 0 aliphatic carbocycles. The van der Waals surface area contributed by atoms with Gasteiger partial charge in [-0.05, 0) is 26.0 Å². The first-order chi connectivity index (χ1) is 14.6. The van der Waals surface area contributed by atoms with Gasteiger partial charge in [0.05, 0.1) is 4.92 Å². The Balaban J connectivity index is 2.25. The molecule has 0 spiro atoms. The van der Waals surface area contributed by atoms with Crippen molar-refractivity contribution >= 4 is 17.3 Å². The van der Waals surface area contributed by atoms with Gasteiger partial charge in [0.2, 0.25) is 5.82 Å². The number of aliphatic hydroxyl groups is 1. The molecule has 32 heavy (non-hydrogen) atoms. The molecule has 1 amide bonds. The molecule has 0 aromatic heterocycles. The highest BCUT2D eigenvalue weighted by Gasteiger charge is 2.39. The number of benzene rings is 2. The number of hydrogen-bond donors (Lipinski definition) is 2. The maximum Gasteiger partial charge on any atom is 0.423 e. The Kier molecular flexibility index (Phi) is 6.68. The molecule has 0 bridgehead atoms. The number of hydrogen-bond acceptors (Lipinski definition) is 5. The van der Waals surface area contributed by atoms with Gasteiger partial charge in [-0.25, -0.2) is 13.2 Å². The van der Waals surface area contributed by atoms with Gasteiger partial charge in [0.25, 0.3) is 11.6 Å². The average Bonchev–Trinajstić information content (AvgIpc) is 2.69. The van der Waals surface area contributed by atoms with Gasteiger partial charge in [0.15, 0.2) is 28.8 Å². The molecule has 7 nitrogen and oxygen atoms in total. The van der Waals surface area contributed by atoms with Crippen LogP contribution in [-0.4, -0.2) is 28.1 Å². The van der Waals surface area contributed by atoms with E-state index in [-0.39, 0.29) is 6.07 Å². The van der Waals surface area contributed by atoms with Crippen molar-refractivity contribution in [1.82, 2.24) is 0 Å². The van der Waals surface area contributed by atoms with Crippen molar-refractivity contribution in [2.45, 2.75) is 25.6 Å². The van der Waals surface area contributed by atoms with Gasteiger partial charge in [-0.2, -0.15) is 17.6 Å². The number of nitro groups is 1. The molecule has 2 N–H and O–H groups in total. The zero-order valence-electron chi connectivity index (χ0n) is 16.1. The van der Waals surface area contributed by atoms with Crippen LogP contribution in [0, 0.1) is 40.3 Å². The van der Waals surface area contributed by atoms with Crippen LogP contribution in [0.15, 0.2) is 18.2 Å². The van der Waals surface area contributed by atoms with Gasteiger partial charge in [-0.15, -0.1) is 0 Å².